The van der Waals surface area contributed by atoms with Crippen molar-refractivity contribution in [2.24, 2.45) is 5.92 Å². The zero-order chi connectivity index (χ0) is 15.3. The molecule has 5 heteroatoms. The minimum atomic E-state index is -0.0907. The number of fused-ring (bicyclic) bond motifs is 4. The van der Waals surface area contributed by atoms with Crippen molar-refractivity contribution in [3.8, 4) is 0 Å². The molecule has 3 saturated heterocycles. The van der Waals surface area contributed by atoms with Crippen LogP contribution in [0.4, 0.5) is 0 Å². The number of furan rings is 1. The van der Waals surface area contributed by atoms with Gasteiger partial charge in [-0.1, -0.05) is 0 Å². The Morgan fingerprint density at radius 2 is 2.18 bits per heavy atom. The SMILES string of the molecule is Cc1nc(C(=O)N[C@@H]2C3CCN(CC3)[C@H]2C)cc2occc12. The summed E-state index contributed by atoms with van der Waals surface area (Å²) >= 11 is 0. The Kier molecular flexibility index (Phi) is 3.18. The van der Waals surface area contributed by atoms with Crippen LogP contribution in [0.25, 0.3) is 11.0 Å². The lowest BCUT2D eigenvalue weighted by Gasteiger charge is -2.49. The Bertz CT molecular complexity index is 714. The molecule has 2 aromatic heterocycles. The van der Waals surface area contributed by atoms with E-state index in [2.05, 4.69) is 22.1 Å². The normalized spacial score (nSPS) is 30.6. The summed E-state index contributed by atoms with van der Waals surface area (Å²) < 4.78 is 5.42. The van der Waals surface area contributed by atoms with E-state index in [-0.39, 0.29) is 11.9 Å². The number of amides is 1. The number of hydrogen-bond acceptors (Lipinski definition) is 4. The number of carbonyl (C=O) groups excluding carboxylic acids is 1. The van der Waals surface area contributed by atoms with Crippen LogP contribution in [0.5, 0.6) is 0 Å². The molecule has 0 spiro atoms. The zero-order valence-corrected chi connectivity index (χ0v) is 13.0. The van der Waals surface area contributed by atoms with E-state index in [1.165, 1.54) is 12.8 Å². The van der Waals surface area contributed by atoms with Gasteiger partial charge in [0, 0.05) is 29.2 Å². The summed E-state index contributed by atoms with van der Waals surface area (Å²) in [7, 11) is 0. The molecule has 3 aliphatic heterocycles. The molecule has 0 saturated carbocycles. The molecule has 3 aliphatic rings. The predicted octanol–water partition coefficient (Wildman–Crippen LogP) is 2.35. The standard InChI is InChI=1S/C17H21N3O2/c1-10-13-5-8-22-15(13)9-14(18-10)17(21)19-16-11(2)20-6-3-12(16)4-7-20/h5,8-9,11-12,16H,3-4,6-7H2,1-2H3,(H,19,21)/t11-,16-/m0/s1. The van der Waals surface area contributed by atoms with Crippen molar-refractivity contribution >= 4 is 16.9 Å². The van der Waals surface area contributed by atoms with Crippen LogP contribution < -0.4 is 5.32 Å². The number of aryl methyl sites for hydroxylation is 1. The van der Waals surface area contributed by atoms with Crippen molar-refractivity contribution in [1.82, 2.24) is 15.2 Å². The molecule has 1 amide bonds. The molecule has 2 aromatic rings. The molecule has 3 fully saturated rings. The number of pyridine rings is 1. The second-order valence-corrected chi connectivity index (χ2v) is 6.54. The lowest BCUT2D eigenvalue weighted by molar-refractivity contribution is 0.0216. The van der Waals surface area contributed by atoms with Gasteiger partial charge >= 0.3 is 0 Å². The third-order valence-corrected chi connectivity index (χ3v) is 5.35. The number of nitrogens with zero attached hydrogens (tertiary/aromatic N) is 2. The van der Waals surface area contributed by atoms with Crippen molar-refractivity contribution in [3.05, 3.63) is 29.8 Å². The van der Waals surface area contributed by atoms with Gasteiger partial charge in [-0.15, -0.1) is 0 Å². The van der Waals surface area contributed by atoms with Crippen LogP contribution in [0.15, 0.2) is 22.8 Å². The molecular weight excluding hydrogens is 278 g/mol. The van der Waals surface area contributed by atoms with Gasteiger partial charge in [-0.3, -0.25) is 9.69 Å². The first-order valence-corrected chi connectivity index (χ1v) is 8.03. The average molecular weight is 299 g/mol. The van der Waals surface area contributed by atoms with Crippen LogP contribution in [0.3, 0.4) is 0 Å². The summed E-state index contributed by atoms with van der Waals surface area (Å²) in [6.07, 6.45) is 3.99. The van der Waals surface area contributed by atoms with Gasteiger partial charge in [0.05, 0.1) is 6.26 Å². The Morgan fingerprint density at radius 1 is 1.41 bits per heavy atom. The smallest absolute Gasteiger partial charge is 0.270 e. The number of piperidine rings is 3. The summed E-state index contributed by atoms with van der Waals surface area (Å²) in [5.74, 6) is 0.504. The zero-order valence-electron chi connectivity index (χ0n) is 13.0. The number of aromatic nitrogens is 1. The number of rotatable bonds is 2. The van der Waals surface area contributed by atoms with E-state index >= 15 is 0 Å². The third-order valence-electron chi connectivity index (χ3n) is 5.35. The van der Waals surface area contributed by atoms with Crippen LogP contribution >= 0.6 is 0 Å². The molecule has 2 atom stereocenters. The van der Waals surface area contributed by atoms with Gasteiger partial charge in [-0.2, -0.15) is 0 Å². The highest BCUT2D eigenvalue weighted by molar-refractivity contribution is 5.96. The maximum Gasteiger partial charge on any atom is 0.270 e. The molecule has 0 radical (unpaired) electrons. The van der Waals surface area contributed by atoms with Crippen LogP contribution in [0, 0.1) is 12.8 Å². The number of nitrogens with one attached hydrogen (secondary N) is 1. The van der Waals surface area contributed by atoms with Gasteiger partial charge in [0.25, 0.3) is 5.91 Å². The number of carbonyl (C=O) groups is 1. The Labute approximate surface area is 129 Å². The van der Waals surface area contributed by atoms with Crippen LogP contribution in [0.2, 0.25) is 0 Å². The second-order valence-electron chi connectivity index (χ2n) is 6.54. The monoisotopic (exact) mass is 299 g/mol. The van der Waals surface area contributed by atoms with E-state index in [9.17, 15) is 4.79 Å². The highest BCUT2D eigenvalue weighted by Gasteiger charge is 2.40. The first-order valence-electron chi connectivity index (χ1n) is 8.03. The first-order chi connectivity index (χ1) is 10.6. The van der Waals surface area contributed by atoms with Gasteiger partial charge < -0.3 is 9.73 Å². The largest absolute Gasteiger partial charge is 0.464 e. The summed E-state index contributed by atoms with van der Waals surface area (Å²) in [6, 6.07) is 4.26. The van der Waals surface area contributed by atoms with E-state index in [4.69, 9.17) is 4.42 Å². The van der Waals surface area contributed by atoms with E-state index in [1.807, 2.05) is 13.0 Å². The van der Waals surface area contributed by atoms with Gasteiger partial charge in [0.15, 0.2) is 0 Å². The van der Waals surface area contributed by atoms with E-state index in [0.717, 1.165) is 29.8 Å². The van der Waals surface area contributed by atoms with Crippen molar-refractivity contribution in [2.75, 3.05) is 13.1 Å². The highest BCUT2D eigenvalue weighted by Crippen LogP contribution is 2.32. The van der Waals surface area contributed by atoms with E-state index < -0.39 is 0 Å². The van der Waals surface area contributed by atoms with Gasteiger partial charge in [0.2, 0.25) is 0 Å². The van der Waals surface area contributed by atoms with E-state index in [1.54, 1.807) is 12.3 Å². The maximum absolute atomic E-state index is 12.6. The topological polar surface area (TPSA) is 58.4 Å². The second kappa shape index (κ2) is 5.09. The molecule has 5 rings (SSSR count). The average Bonchev–Trinajstić information content (AvgIpc) is 3.00. The molecule has 5 heterocycles. The lowest BCUT2D eigenvalue weighted by Crippen LogP contribution is -2.62. The molecule has 1 N–H and O–H groups in total. The van der Waals surface area contributed by atoms with Crippen LogP contribution in [0.1, 0.15) is 35.9 Å². The van der Waals surface area contributed by atoms with Crippen molar-refractivity contribution in [1.29, 1.82) is 0 Å². The first kappa shape index (κ1) is 13.8. The summed E-state index contributed by atoms with van der Waals surface area (Å²) in [5, 5.41) is 4.18. The summed E-state index contributed by atoms with van der Waals surface area (Å²) in [4.78, 5) is 19.5. The van der Waals surface area contributed by atoms with Gasteiger partial charge in [-0.25, -0.2) is 4.98 Å². The number of hydrogen-bond donors (Lipinski definition) is 1. The quantitative estimate of drug-likeness (QED) is 0.925. The van der Waals surface area contributed by atoms with Crippen LogP contribution in [-0.4, -0.2) is 41.0 Å². The summed E-state index contributed by atoms with van der Waals surface area (Å²) in [6.45, 7) is 6.44. The van der Waals surface area contributed by atoms with Gasteiger partial charge in [0.1, 0.15) is 11.3 Å². The lowest BCUT2D eigenvalue weighted by atomic mass is 9.79. The molecule has 2 bridgehead atoms. The minimum absolute atomic E-state index is 0.0907. The molecule has 0 aliphatic carbocycles. The summed E-state index contributed by atoms with van der Waals surface area (Å²) in [5.41, 5.74) is 2.00. The Balaban J connectivity index is 1.58. The van der Waals surface area contributed by atoms with E-state index in [0.29, 0.717) is 17.7 Å². The molecule has 116 valence electrons. The molecule has 0 aromatic carbocycles. The van der Waals surface area contributed by atoms with Crippen LogP contribution in [-0.2, 0) is 0 Å². The molecule has 0 unspecified atom stereocenters. The molecule has 22 heavy (non-hydrogen) atoms. The fourth-order valence-electron chi connectivity index (χ4n) is 4.02. The Hall–Kier alpha value is -1.88. The van der Waals surface area contributed by atoms with Crippen molar-refractivity contribution < 1.29 is 9.21 Å². The molecular formula is C17H21N3O2. The fraction of sp³-hybridized carbons (Fsp3) is 0.529. The third kappa shape index (κ3) is 2.11. The van der Waals surface area contributed by atoms with Crippen molar-refractivity contribution in [3.63, 3.8) is 0 Å². The van der Waals surface area contributed by atoms with Gasteiger partial charge in [-0.05, 0) is 51.8 Å². The molecule has 5 nitrogen and oxygen atoms in total. The maximum atomic E-state index is 12.6. The fourth-order valence-corrected chi connectivity index (χ4v) is 4.02. The predicted molar refractivity (Wildman–Crippen MR) is 83.8 cm³/mol. The van der Waals surface area contributed by atoms with Crippen molar-refractivity contribution in [2.45, 2.75) is 38.8 Å². The highest BCUT2D eigenvalue weighted by atomic mass is 16.3. The minimum Gasteiger partial charge on any atom is -0.464 e. The Morgan fingerprint density at radius 3 is 2.91 bits per heavy atom.